The Morgan fingerprint density at radius 1 is 1.24 bits per heavy atom. The molecule has 0 atom stereocenters. The highest BCUT2D eigenvalue weighted by Crippen LogP contribution is 2.12. The first kappa shape index (κ1) is 14.3. The van der Waals surface area contributed by atoms with Crippen LogP contribution in [0.3, 0.4) is 0 Å². The molecule has 0 amide bonds. The van der Waals surface area contributed by atoms with Crippen molar-refractivity contribution in [2.45, 2.75) is 20.4 Å². The average Bonchev–Trinajstić information content (AvgIpc) is 2.38. The van der Waals surface area contributed by atoms with E-state index in [0.717, 1.165) is 13.1 Å². The summed E-state index contributed by atoms with van der Waals surface area (Å²) in [5.41, 5.74) is 1.22. The van der Waals surface area contributed by atoms with E-state index in [9.17, 15) is 0 Å². The van der Waals surface area contributed by atoms with Crippen molar-refractivity contribution in [2.75, 3.05) is 13.1 Å². The van der Waals surface area contributed by atoms with Gasteiger partial charge in [0.1, 0.15) is 12.2 Å². The zero-order chi connectivity index (χ0) is 12.7. The molecule has 94 valence electrons. The predicted molar refractivity (Wildman–Crippen MR) is 77.7 cm³/mol. The van der Waals surface area contributed by atoms with Crippen molar-refractivity contribution < 1.29 is 4.55 Å². The first-order valence-corrected chi connectivity index (χ1v) is 6.78. The van der Waals surface area contributed by atoms with Crippen LogP contribution in [0, 0.1) is 0 Å². The van der Waals surface area contributed by atoms with Crippen molar-refractivity contribution in [3.8, 4) is 0 Å². The second-order valence-electron chi connectivity index (χ2n) is 3.56. The maximum Gasteiger partial charge on any atom is 0.183 e. The Balaban J connectivity index is 2.68. The zero-order valence-electron chi connectivity index (χ0n) is 10.2. The van der Waals surface area contributed by atoms with Crippen LogP contribution in [0.2, 0.25) is 0 Å². The summed E-state index contributed by atoms with van der Waals surface area (Å²) in [5.74, 6) is 0. The molecular weight excluding hydrogens is 252 g/mol. The summed E-state index contributed by atoms with van der Waals surface area (Å²) in [5, 5.41) is 0.673. The van der Waals surface area contributed by atoms with E-state index < -0.39 is 0 Å². The van der Waals surface area contributed by atoms with Gasteiger partial charge in [-0.05, 0) is 31.6 Å². The molecule has 0 bridgehead atoms. The minimum atomic E-state index is 0.673. The molecule has 1 aromatic carbocycles. The van der Waals surface area contributed by atoms with Gasteiger partial charge in [-0.2, -0.15) is 0 Å². The average molecular weight is 270 g/mol. The van der Waals surface area contributed by atoms with Gasteiger partial charge >= 0.3 is 0 Å². The van der Waals surface area contributed by atoms with Crippen LogP contribution >= 0.6 is 24.4 Å². The Labute approximate surface area is 113 Å². The van der Waals surface area contributed by atoms with Crippen LogP contribution < -0.4 is 0 Å². The summed E-state index contributed by atoms with van der Waals surface area (Å²) in [7, 11) is 0. The monoisotopic (exact) mass is 270 g/mol. The maximum atomic E-state index is 9.14. The molecule has 1 aromatic rings. The molecular formula is C12H18N2OS2. The number of rotatable bonds is 5. The third kappa shape index (κ3) is 4.18. The van der Waals surface area contributed by atoms with E-state index in [-0.39, 0.29) is 0 Å². The van der Waals surface area contributed by atoms with Gasteiger partial charge in [0.15, 0.2) is 5.11 Å². The van der Waals surface area contributed by atoms with E-state index in [2.05, 4.69) is 24.0 Å². The van der Waals surface area contributed by atoms with Crippen LogP contribution in [0.25, 0.3) is 0 Å². The summed E-state index contributed by atoms with van der Waals surface area (Å²) >= 11 is 6.05. The number of thiocarbonyl (C=S) groups is 1. The van der Waals surface area contributed by atoms with E-state index in [1.807, 2.05) is 25.1 Å². The molecule has 0 saturated heterocycles. The van der Waals surface area contributed by atoms with E-state index in [0.29, 0.717) is 23.9 Å². The van der Waals surface area contributed by atoms with Gasteiger partial charge in [-0.25, -0.2) is 0 Å². The highest BCUT2D eigenvalue weighted by Gasteiger charge is 2.14. The fourth-order valence-electron chi connectivity index (χ4n) is 1.50. The van der Waals surface area contributed by atoms with Crippen molar-refractivity contribution in [2.24, 2.45) is 0 Å². The first-order valence-electron chi connectivity index (χ1n) is 5.64. The number of hydrogen-bond donors (Lipinski definition) is 1. The molecule has 0 spiro atoms. The Morgan fingerprint density at radius 2 is 1.88 bits per heavy atom. The SMILES string of the molecule is CCN(Cc1ccccc1)C(=S)N(CC)SO. The quantitative estimate of drug-likeness (QED) is 0.503. The lowest BCUT2D eigenvalue weighted by Gasteiger charge is -2.29. The van der Waals surface area contributed by atoms with E-state index in [1.54, 1.807) is 4.31 Å². The van der Waals surface area contributed by atoms with Gasteiger partial charge in [0.05, 0.1) is 0 Å². The minimum absolute atomic E-state index is 0.673. The van der Waals surface area contributed by atoms with Crippen molar-refractivity contribution in [3.05, 3.63) is 35.9 Å². The predicted octanol–water partition coefficient (Wildman–Crippen LogP) is 3.24. The van der Waals surface area contributed by atoms with Gasteiger partial charge in [0.25, 0.3) is 0 Å². The Morgan fingerprint density at radius 3 is 2.35 bits per heavy atom. The van der Waals surface area contributed by atoms with Gasteiger partial charge in [-0.1, -0.05) is 30.3 Å². The fourth-order valence-corrected chi connectivity index (χ4v) is 2.23. The van der Waals surface area contributed by atoms with Crippen molar-refractivity contribution in [1.29, 1.82) is 0 Å². The molecule has 0 fully saturated rings. The summed E-state index contributed by atoms with van der Waals surface area (Å²) in [6.07, 6.45) is 0. The third-order valence-corrected chi connectivity index (χ3v) is 3.69. The van der Waals surface area contributed by atoms with Crippen molar-refractivity contribution in [3.63, 3.8) is 0 Å². The molecule has 0 unspecified atom stereocenters. The van der Waals surface area contributed by atoms with Crippen molar-refractivity contribution in [1.82, 2.24) is 9.21 Å². The van der Waals surface area contributed by atoms with Gasteiger partial charge in [-0.3, -0.25) is 4.31 Å². The fraction of sp³-hybridized carbons (Fsp3) is 0.417. The first-order chi connectivity index (χ1) is 8.22. The van der Waals surface area contributed by atoms with Gasteiger partial charge < -0.3 is 9.45 Å². The third-order valence-electron chi connectivity index (χ3n) is 2.47. The second-order valence-corrected chi connectivity index (χ2v) is 4.53. The van der Waals surface area contributed by atoms with Gasteiger partial charge in [0, 0.05) is 19.6 Å². The Kier molecular flexibility index (Phi) is 6.32. The molecule has 0 aliphatic carbocycles. The summed E-state index contributed by atoms with van der Waals surface area (Å²) in [6, 6.07) is 10.2. The zero-order valence-corrected chi connectivity index (χ0v) is 11.8. The maximum absolute atomic E-state index is 9.14. The van der Waals surface area contributed by atoms with Crippen LogP contribution in [0.1, 0.15) is 19.4 Å². The number of nitrogens with zero attached hydrogens (tertiary/aromatic N) is 2. The van der Waals surface area contributed by atoms with E-state index >= 15 is 0 Å². The van der Waals surface area contributed by atoms with Crippen molar-refractivity contribution >= 4 is 29.6 Å². The highest BCUT2D eigenvalue weighted by molar-refractivity contribution is 7.93. The normalized spacial score (nSPS) is 10.1. The molecule has 0 aromatic heterocycles. The molecule has 1 rings (SSSR count). The molecule has 17 heavy (non-hydrogen) atoms. The van der Waals surface area contributed by atoms with Gasteiger partial charge in [-0.15, -0.1) is 0 Å². The Hall–Kier alpha value is -0.780. The van der Waals surface area contributed by atoms with Crippen LogP contribution in [0.15, 0.2) is 30.3 Å². The minimum Gasteiger partial charge on any atom is -0.344 e. The molecule has 5 heteroatoms. The van der Waals surface area contributed by atoms with Crippen LogP contribution in [0.5, 0.6) is 0 Å². The summed E-state index contributed by atoms with van der Waals surface area (Å²) in [6.45, 7) is 6.31. The number of hydrogen-bond acceptors (Lipinski definition) is 3. The standard InChI is InChI=1S/C12H18N2OS2/c1-3-13(12(16)14(4-2)17-15)10-11-8-6-5-7-9-11/h5-9,15H,3-4,10H2,1-2H3. The largest absolute Gasteiger partial charge is 0.344 e. The molecule has 0 heterocycles. The van der Waals surface area contributed by atoms with E-state index in [4.69, 9.17) is 16.8 Å². The van der Waals surface area contributed by atoms with Crippen LogP contribution in [-0.2, 0) is 6.54 Å². The van der Waals surface area contributed by atoms with Gasteiger partial charge in [0.2, 0.25) is 0 Å². The molecule has 3 nitrogen and oxygen atoms in total. The number of benzene rings is 1. The molecule has 0 aliphatic heterocycles. The second kappa shape index (κ2) is 7.53. The van der Waals surface area contributed by atoms with Crippen LogP contribution in [0.4, 0.5) is 0 Å². The molecule has 1 N–H and O–H groups in total. The lowest BCUT2D eigenvalue weighted by molar-refractivity contribution is 0.400. The molecule has 0 radical (unpaired) electrons. The molecule has 0 saturated carbocycles. The lowest BCUT2D eigenvalue weighted by Crippen LogP contribution is -2.38. The van der Waals surface area contributed by atoms with E-state index in [1.165, 1.54) is 5.56 Å². The topological polar surface area (TPSA) is 26.7 Å². The summed E-state index contributed by atoms with van der Waals surface area (Å²) < 4.78 is 10.8. The van der Waals surface area contributed by atoms with Crippen LogP contribution in [-0.4, -0.2) is 32.0 Å². The smallest absolute Gasteiger partial charge is 0.183 e. The highest BCUT2D eigenvalue weighted by atomic mass is 32.2. The lowest BCUT2D eigenvalue weighted by atomic mass is 10.2. The molecule has 0 aliphatic rings. The Bertz CT molecular complexity index is 342. The summed E-state index contributed by atoms with van der Waals surface area (Å²) in [4.78, 5) is 2.07.